The molecule has 7 aromatic carbocycles. The Morgan fingerprint density at radius 1 is 0.535 bits per heavy atom. The molecule has 1 aliphatic rings. The van der Waals surface area contributed by atoms with E-state index in [-0.39, 0.29) is 5.37 Å². The van der Waals surface area contributed by atoms with E-state index in [1.54, 1.807) is 0 Å². The topological polar surface area (TPSA) is 30.1 Å². The smallest absolute Gasteiger partial charge is 0.137 e. The summed E-state index contributed by atoms with van der Waals surface area (Å²) in [4.78, 5) is 1.26. The number of fused-ring (bicyclic) bond motifs is 12. The first kappa shape index (κ1) is 23.4. The molecule has 0 bridgehead atoms. The lowest BCUT2D eigenvalue weighted by atomic mass is 10.00. The molecule has 1 N–H and O–H groups in total. The van der Waals surface area contributed by atoms with Gasteiger partial charge in [0.25, 0.3) is 0 Å². The third-order valence-electron chi connectivity index (χ3n) is 9.03. The van der Waals surface area contributed by atoms with E-state index in [0.29, 0.717) is 0 Å². The van der Waals surface area contributed by atoms with Crippen molar-refractivity contribution >= 4 is 82.7 Å². The van der Waals surface area contributed by atoms with Gasteiger partial charge < -0.3 is 14.3 Å². The maximum Gasteiger partial charge on any atom is 0.137 e. The van der Waals surface area contributed by atoms with Crippen LogP contribution >= 0.6 is 11.8 Å². The van der Waals surface area contributed by atoms with Gasteiger partial charge in [-0.2, -0.15) is 0 Å². The molecular formula is C39H24N2OS. The van der Waals surface area contributed by atoms with Crippen LogP contribution in [0.5, 0.6) is 0 Å². The van der Waals surface area contributed by atoms with E-state index in [1.807, 2.05) is 23.9 Å². The van der Waals surface area contributed by atoms with Crippen molar-refractivity contribution in [2.75, 3.05) is 5.32 Å². The number of para-hydroxylation sites is 1. The normalized spacial score (nSPS) is 14.8. The van der Waals surface area contributed by atoms with Crippen LogP contribution < -0.4 is 5.32 Å². The summed E-state index contributed by atoms with van der Waals surface area (Å²) in [6, 6.07) is 48.2. The van der Waals surface area contributed by atoms with E-state index in [9.17, 15) is 0 Å². The maximum atomic E-state index is 6.15. The van der Waals surface area contributed by atoms with Crippen molar-refractivity contribution in [1.82, 2.24) is 4.57 Å². The molecule has 43 heavy (non-hydrogen) atoms. The number of aromatic nitrogens is 1. The van der Waals surface area contributed by atoms with Gasteiger partial charge >= 0.3 is 0 Å². The summed E-state index contributed by atoms with van der Waals surface area (Å²) in [6.45, 7) is 0. The molecule has 3 nitrogen and oxygen atoms in total. The van der Waals surface area contributed by atoms with Crippen LogP contribution in [0.2, 0.25) is 0 Å². The van der Waals surface area contributed by atoms with Crippen LogP contribution in [0.25, 0.3) is 71.0 Å². The average Bonchev–Trinajstić information content (AvgIpc) is 3.76. The monoisotopic (exact) mass is 568 g/mol. The highest BCUT2D eigenvalue weighted by atomic mass is 32.2. The lowest BCUT2D eigenvalue weighted by Crippen LogP contribution is -2.02. The Morgan fingerprint density at radius 3 is 1.86 bits per heavy atom. The molecule has 4 heteroatoms. The molecule has 1 atom stereocenters. The van der Waals surface area contributed by atoms with Crippen LogP contribution in [0.15, 0.2) is 143 Å². The number of nitrogens with zero attached hydrogens (tertiary/aromatic N) is 1. The molecule has 0 saturated carbocycles. The number of benzene rings is 7. The van der Waals surface area contributed by atoms with Gasteiger partial charge in [-0.15, -0.1) is 0 Å². The van der Waals surface area contributed by atoms with Crippen LogP contribution in [0.4, 0.5) is 5.69 Å². The molecule has 0 aliphatic carbocycles. The average molecular weight is 569 g/mol. The fraction of sp³-hybridized carbons (Fsp3) is 0.0256. The first-order valence-corrected chi connectivity index (χ1v) is 15.5. The van der Waals surface area contributed by atoms with Gasteiger partial charge in [0.2, 0.25) is 0 Å². The molecule has 2 aromatic heterocycles. The van der Waals surface area contributed by atoms with Gasteiger partial charge in [-0.3, -0.25) is 0 Å². The molecule has 1 aliphatic heterocycles. The van der Waals surface area contributed by atoms with E-state index >= 15 is 0 Å². The summed E-state index contributed by atoms with van der Waals surface area (Å²) < 4.78 is 8.58. The third-order valence-corrected chi connectivity index (χ3v) is 10.2. The summed E-state index contributed by atoms with van der Waals surface area (Å²) >= 11 is 1.87. The van der Waals surface area contributed by atoms with E-state index in [2.05, 4.69) is 131 Å². The summed E-state index contributed by atoms with van der Waals surface area (Å²) in [6.07, 6.45) is 0. The van der Waals surface area contributed by atoms with E-state index in [1.165, 1.54) is 64.9 Å². The second-order valence-corrected chi connectivity index (χ2v) is 12.5. The van der Waals surface area contributed by atoms with Crippen LogP contribution in [0.3, 0.4) is 0 Å². The van der Waals surface area contributed by atoms with Crippen molar-refractivity contribution in [2.45, 2.75) is 10.3 Å². The Morgan fingerprint density at radius 2 is 1.16 bits per heavy atom. The van der Waals surface area contributed by atoms with Crippen molar-refractivity contribution in [1.29, 1.82) is 0 Å². The highest BCUT2D eigenvalue weighted by Gasteiger charge is 2.27. The second-order valence-electron chi connectivity index (χ2n) is 11.3. The number of hydrogen-bond acceptors (Lipinski definition) is 3. The molecule has 10 rings (SSSR count). The van der Waals surface area contributed by atoms with E-state index in [0.717, 1.165) is 22.2 Å². The van der Waals surface area contributed by atoms with Gasteiger partial charge in [-0.1, -0.05) is 103 Å². The molecule has 0 fully saturated rings. The SMILES string of the molecule is c1ccc2c(c1)ccc1c2c2c3ccccc3ccc2n1-c1ccc(C2Nc3c(ccc4oc5ccccc5c34)S2)cc1. The van der Waals surface area contributed by atoms with Gasteiger partial charge in [-0.05, 0) is 69.6 Å². The number of furan rings is 1. The summed E-state index contributed by atoms with van der Waals surface area (Å²) in [5, 5.41) is 14.0. The van der Waals surface area contributed by atoms with Gasteiger partial charge in [0, 0.05) is 26.7 Å². The van der Waals surface area contributed by atoms with Crippen molar-refractivity contribution < 1.29 is 4.42 Å². The number of rotatable bonds is 2. The van der Waals surface area contributed by atoms with Gasteiger partial charge in [0.1, 0.15) is 16.5 Å². The molecule has 3 heterocycles. The molecule has 1 unspecified atom stereocenters. The minimum absolute atomic E-state index is 0.134. The van der Waals surface area contributed by atoms with Crippen LogP contribution in [0.1, 0.15) is 10.9 Å². The minimum atomic E-state index is 0.134. The van der Waals surface area contributed by atoms with Crippen LogP contribution in [-0.2, 0) is 0 Å². The zero-order valence-electron chi connectivity index (χ0n) is 23.0. The molecule has 0 saturated heterocycles. The lowest BCUT2D eigenvalue weighted by molar-refractivity contribution is 0.669. The Kier molecular flexibility index (Phi) is 4.71. The number of thioether (sulfide) groups is 1. The van der Waals surface area contributed by atoms with Gasteiger partial charge in [0.15, 0.2) is 0 Å². The first-order valence-electron chi connectivity index (χ1n) is 14.6. The first-order chi connectivity index (χ1) is 21.3. The maximum absolute atomic E-state index is 6.15. The standard InChI is InChI=1S/C39H24N2OS/c1-3-9-27-23(7-1)15-19-30-35(27)36-28-10-4-2-8-24(28)16-20-31(36)41(30)26-17-13-25(14-18-26)39-40-38-34(43-39)22-21-33-37(38)29-11-5-6-12-32(29)42-33/h1-22,39-40H. The van der Waals surface area contributed by atoms with Crippen molar-refractivity contribution in [2.24, 2.45) is 0 Å². The lowest BCUT2D eigenvalue weighted by Gasteiger charge is -2.13. The molecule has 0 spiro atoms. The van der Waals surface area contributed by atoms with E-state index < -0.39 is 0 Å². The summed E-state index contributed by atoms with van der Waals surface area (Å²) in [5.74, 6) is 0. The third kappa shape index (κ3) is 3.27. The van der Waals surface area contributed by atoms with Gasteiger partial charge in [0.05, 0.1) is 22.1 Å². The Hall–Kier alpha value is -5.19. The highest BCUT2D eigenvalue weighted by molar-refractivity contribution is 8.00. The quantitative estimate of drug-likeness (QED) is 0.225. The Labute approximate surface area is 251 Å². The fourth-order valence-electron chi connectivity index (χ4n) is 7.10. The molecule has 202 valence electrons. The van der Waals surface area contributed by atoms with E-state index in [4.69, 9.17) is 4.42 Å². The summed E-state index contributed by atoms with van der Waals surface area (Å²) in [7, 11) is 0. The van der Waals surface area contributed by atoms with Crippen molar-refractivity contribution in [3.05, 3.63) is 139 Å². The van der Waals surface area contributed by atoms with Crippen LogP contribution in [-0.4, -0.2) is 4.57 Å². The fourth-order valence-corrected chi connectivity index (χ4v) is 8.25. The van der Waals surface area contributed by atoms with Gasteiger partial charge in [-0.25, -0.2) is 0 Å². The van der Waals surface area contributed by atoms with Crippen molar-refractivity contribution in [3.63, 3.8) is 0 Å². The van der Waals surface area contributed by atoms with Crippen LogP contribution in [0, 0.1) is 0 Å². The predicted octanol–water partition coefficient (Wildman–Crippen LogP) is 11.2. The largest absolute Gasteiger partial charge is 0.456 e. The zero-order valence-corrected chi connectivity index (χ0v) is 23.9. The minimum Gasteiger partial charge on any atom is -0.456 e. The number of anilines is 1. The second kappa shape index (κ2) is 8.66. The highest BCUT2D eigenvalue weighted by Crippen LogP contribution is 2.51. The van der Waals surface area contributed by atoms with Crippen molar-refractivity contribution in [3.8, 4) is 5.69 Å². The number of nitrogens with one attached hydrogen (secondary N) is 1. The number of hydrogen-bond donors (Lipinski definition) is 1. The zero-order chi connectivity index (χ0) is 28.1. The molecule has 0 radical (unpaired) electrons. The Bertz CT molecular complexity index is 2480. The summed E-state index contributed by atoms with van der Waals surface area (Å²) in [5.41, 5.74) is 7.90. The molecular weight excluding hydrogens is 545 g/mol. The predicted molar refractivity (Wildman–Crippen MR) is 182 cm³/mol. The Balaban J connectivity index is 1.12. The molecule has 0 amide bonds. The molecule has 9 aromatic rings.